The summed E-state index contributed by atoms with van der Waals surface area (Å²) in [5, 5.41) is 15.6. The van der Waals surface area contributed by atoms with Crippen LogP contribution in [0.1, 0.15) is 38.5 Å². The van der Waals surface area contributed by atoms with E-state index in [4.69, 9.17) is 10.2 Å². The molecule has 0 heterocycles. The maximum atomic E-state index is 9.55. The third-order valence-electron chi connectivity index (χ3n) is 1.87. The second-order valence-electron chi connectivity index (χ2n) is 3.13. The molecule has 2 N–H and O–H groups in total. The zero-order chi connectivity index (χ0) is 10.8. The highest BCUT2D eigenvalue weighted by Gasteiger charge is 1.95. The first kappa shape index (κ1) is 12.7. The minimum atomic E-state index is -1.26. The van der Waals surface area contributed by atoms with E-state index in [1.165, 1.54) is 38.5 Å². The molecule has 0 aromatic carbocycles. The van der Waals surface area contributed by atoms with Gasteiger partial charge in [-0.2, -0.15) is 0 Å². The predicted octanol–water partition coefficient (Wildman–Crippen LogP) is 2.05. The van der Waals surface area contributed by atoms with E-state index in [1.54, 1.807) is 0 Å². The molecule has 0 saturated heterocycles. The fourth-order valence-corrected chi connectivity index (χ4v) is 1.20. The first-order chi connectivity index (χ1) is 6.63. The van der Waals surface area contributed by atoms with Crippen LogP contribution in [0.5, 0.6) is 0 Å². The Hall–Kier alpha value is -1.32. The van der Waals surface area contributed by atoms with Gasteiger partial charge in [-0.1, -0.05) is 38.5 Å². The van der Waals surface area contributed by atoms with Gasteiger partial charge >= 0.3 is 11.9 Å². The average Bonchev–Trinajstić information content (AvgIpc) is 2.18. The van der Waals surface area contributed by atoms with E-state index in [2.05, 4.69) is 0 Å². The normalized spacial score (nSPS) is 15.7. The van der Waals surface area contributed by atoms with Crippen LogP contribution in [0.2, 0.25) is 0 Å². The Balaban J connectivity index is 0.000000249. The summed E-state index contributed by atoms with van der Waals surface area (Å²) < 4.78 is 0. The van der Waals surface area contributed by atoms with Gasteiger partial charge in [-0.25, -0.2) is 9.59 Å². The van der Waals surface area contributed by atoms with Gasteiger partial charge in [0, 0.05) is 12.2 Å². The van der Waals surface area contributed by atoms with E-state index < -0.39 is 11.9 Å². The van der Waals surface area contributed by atoms with Gasteiger partial charge in [-0.3, -0.25) is 0 Å². The first-order valence-corrected chi connectivity index (χ1v) is 4.77. The smallest absolute Gasteiger partial charge is 0.328 e. The lowest BCUT2D eigenvalue weighted by atomic mass is 10.0. The highest BCUT2D eigenvalue weighted by Crippen LogP contribution is 2.15. The van der Waals surface area contributed by atoms with E-state index in [9.17, 15) is 9.59 Å². The Morgan fingerprint density at radius 1 is 0.714 bits per heavy atom. The minimum Gasteiger partial charge on any atom is -0.478 e. The third kappa shape index (κ3) is 10.7. The molecule has 1 aliphatic carbocycles. The molecular formula is C10H16O4. The molecule has 0 atom stereocenters. The zero-order valence-corrected chi connectivity index (χ0v) is 8.11. The lowest BCUT2D eigenvalue weighted by Crippen LogP contribution is -1.91. The lowest BCUT2D eigenvalue weighted by Gasteiger charge is -2.05. The summed E-state index contributed by atoms with van der Waals surface area (Å²) >= 11 is 0. The molecule has 1 fully saturated rings. The quantitative estimate of drug-likeness (QED) is 0.669. The summed E-state index contributed by atoms with van der Waals surface area (Å²) in [7, 11) is 0. The average molecular weight is 200 g/mol. The van der Waals surface area contributed by atoms with Crippen LogP contribution < -0.4 is 0 Å². The van der Waals surface area contributed by atoms with Crippen molar-refractivity contribution in [2.24, 2.45) is 0 Å². The Morgan fingerprint density at radius 2 is 0.929 bits per heavy atom. The van der Waals surface area contributed by atoms with Crippen molar-refractivity contribution in [1.82, 2.24) is 0 Å². The fraction of sp³-hybridized carbons (Fsp3) is 0.600. The van der Waals surface area contributed by atoms with Crippen LogP contribution in [0.3, 0.4) is 0 Å². The fourth-order valence-electron chi connectivity index (χ4n) is 1.20. The molecule has 80 valence electrons. The third-order valence-corrected chi connectivity index (χ3v) is 1.87. The van der Waals surface area contributed by atoms with Crippen LogP contribution in [0.15, 0.2) is 12.2 Å². The van der Waals surface area contributed by atoms with Crippen molar-refractivity contribution in [2.75, 3.05) is 0 Å². The van der Waals surface area contributed by atoms with Gasteiger partial charge in [0.1, 0.15) is 0 Å². The van der Waals surface area contributed by atoms with Crippen molar-refractivity contribution in [3.63, 3.8) is 0 Å². The molecule has 0 aromatic heterocycles. The highest BCUT2D eigenvalue weighted by atomic mass is 16.4. The maximum Gasteiger partial charge on any atom is 0.328 e. The second kappa shape index (κ2) is 8.29. The van der Waals surface area contributed by atoms with Crippen molar-refractivity contribution in [3.05, 3.63) is 12.2 Å². The predicted molar refractivity (Wildman–Crippen MR) is 52.1 cm³/mol. The molecule has 14 heavy (non-hydrogen) atoms. The van der Waals surface area contributed by atoms with Crippen molar-refractivity contribution < 1.29 is 19.8 Å². The van der Waals surface area contributed by atoms with Gasteiger partial charge < -0.3 is 10.2 Å². The molecule has 0 aliphatic heterocycles. The van der Waals surface area contributed by atoms with E-state index in [-0.39, 0.29) is 0 Å². The van der Waals surface area contributed by atoms with Crippen molar-refractivity contribution in [3.8, 4) is 0 Å². The summed E-state index contributed by atoms with van der Waals surface area (Å²) in [6, 6.07) is 0. The number of carboxylic acids is 2. The minimum absolute atomic E-state index is 0.558. The Bertz CT molecular complexity index is 177. The summed E-state index contributed by atoms with van der Waals surface area (Å²) in [5.41, 5.74) is 0. The monoisotopic (exact) mass is 200 g/mol. The van der Waals surface area contributed by atoms with Gasteiger partial charge in [0.05, 0.1) is 0 Å². The number of hydrogen-bond acceptors (Lipinski definition) is 2. The molecule has 1 rings (SSSR count). The zero-order valence-electron chi connectivity index (χ0n) is 8.11. The summed E-state index contributed by atoms with van der Waals surface area (Å²) in [6.07, 6.45) is 10.1. The number of rotatable bonds is 2. The lowest BCUT2D eigenvalue weighted by molar-refractivity contribution is -0.134. The van der Waals surface area contributed by atoms with E-state index >= 15 is 0 Å². The van der Waals surface area contributed by atoms with Crippen LogP contribution >= 0.6 is 0 Å². The molecule has 0 aromatic rings. The molecule has 4 nitrogen and oxygen atoms in total. The number of aliphatic carboxylic acids is 2. The topological polar surface area (TPSA) is 74.6 Å². The number of carbonyl (C=O) groups is 2. The SMILES string of the molecule is C1CCCCC1.O=C(O)/C=C\C(=O)O. The summed E-state index contributed by atoms with van der Waals surface area (Å²) in [5.74, 6) is -2.51. The van der Waals surface area contributed by atoms with E-state index in [0.29, 0.717) is 12.2 Å². The van der Waals surface area contributed by atoms with Crippen LogP contribution in [-0.4, -0.2) is 22.2 Å². The van der Waals surface area contributed by atoms with Gasteiger partial charge in [-0.15, -0.1) is 0 Å². The van der Waals surface area contributed by atoms with Crippen LogP contribution in [0.25, 0.3) is 0 Å². The van der Waals surface area contributed by atoms with Crippen LogP contribution in [-0.2, 0) is 9.59 Å². The van der Waals surface area contributed by atoms with Crippen molar-refractivity contribution in [1.29, 1.82) is 0 Å². The summed E-state index contributed by atoms with van der Waals surface area (Å²) in [4.78, 5) is 19.1. The summed E-state index contributed by atoms with van der Waals surface area (Å²) in [6.45, 7) is 0. The Morgan fingerprint density at radius 3 is 1.07 bits per heavy atom. The molecular weight excluding hydrogens is 184 g/mol. The largest absolute Gasteiger partial charge is 0.478 e. The Kier molecular flexibility index (Phi) is 7.50. The standard InChI is InChI=1S/C6H12.C4H4O4/c1-2-4-6-5-3-1;5-3(6)1-2-4(7)8/h1-6H2;1-2H,(H,5,6)(H,7,8)/b;2-1-. The van der Waals surface area contributed by atoms with Crippen molar-refractivity contribution in [2.45, 2.75) is 38.5 Å². The van der Waals surface area contributed by atoms with Crippen molar-refractivity contribution >= 4 is 11.9 Å². The molecule has 0 bridgehead atoms. The van der Waals surface area contributed by atoms with E-state index in [1.807, 2.05) is 0 Å². The number of carboxylic acid groups (broad SMARTS) is 2. The molecule has 0 unspecified atom stereocenters. The molecule has 1 aliphatic rings. The maximum absolute atomic E-state index is 9.55. The van der Waals surface area contributed by atoms with E-state index in [0.717, 1.165) is 0 Å². The van der Waals surface area contributed by atoms with Gasteiger partial charge in [0.15, 0.2) is 0 Å². The number of hydrogen-bond donors (Lipinski definition) is 2. The Labute approximate surface area is 83.2 Å². The molecule has 4 heteroatoms. The highest BCUT2D eigenvalue weighted by molar-refractivity contribution is 5.89. The second-order valence-corrected chi connectivity index (χ2v) is 3.13. The molecule has 1 saturated carbocycles. The molecule has 0 amide bonds. The first-order valence-electron chi connectivity index (χ1n) is 4.77. The van der Waals surface area contributed by atoms with Gasteiger partial charge in [-0.05, 0) is 0 Å². The van der Waals surface area contributed by atoms with Gasteiger partial charge in [0.25, 0.3) is 0 Å². The van der Waals surface area contributed by atoms with Crippen LogP contribution in [0.4, 0.5) is 0 Å². The molecule has 0 radical (unpaired) electrons. The molecule has 0 spiro atoms. The van der Waals surface area contributed by atoms with Gasteiger partial charge in [0.2, 0.25) is 0 Å². The van der Waals surface area contributed by atoms with Crippen LogP contribution in [0, 0.1) is 0 Å².